The Hall–Kier alpha value is -0.730. The molecule has 0 bridgehead atoms. The van der Waals surface area contributed by atoms with Gasteiger partial charge in [-0.05, 0) is 56.0 Å². The minimum absolute atomic E-state index is 0.245. The lowest BCUT2D eigenvalue weighted by molar-refractivity contribution is 0.372. The maximum Gasteiger partial charge on any atom is 0.117 e. The van der Waals surface area contributed by atoms with E-state index in [1.807, 2.05) is 6.07 Å². The summed E-state index contributed by atoms with van der Waals surface area (Å²) in [5.74, 6) is 0.974. The third-order valence-electron chi connectivity index (χ3n) is 3.00. The van der Waals surface area contributed by atoms with E-state index in [4.69, 9.17) is 11.6 Å². The van der Waals surface area contributed by atoms with Gasteiger partial charge in [0, 0.05) is 5.02 Å². The third kappa shape index (κ3) is 2.86. The number of benzene rings is 1. The van der Waals surface area contributed by atoms with Crippen LogP contribution >= 0.6 is 11.6 Å². The zero-order valence-corrected chi connectivity index (χ0v) is 9.43. The van der Waals surface area contributed by atoms with Crippen LogP contribution in [0.1, 0.15) is 18.4 Å². The van der Waals surface area contributed by atoms with Crippen LogP contribution in [0.5, 0.6) is 5.75 Å². The second-order valence-corrected chi connectivity index (χ2v) is 4.58. The largest absolute Gasteiger partial charge is 0.508 e. The topological polar surface area (TPSA) is 32.3 Å². The van der Waals surface area contributed by atoms with E-state index in [0.29, 0.717) is 5.02 Å². The molecule has 0 amide bonds. The second kappa shape index (κ2) is 4.86. The van der Waals surface area contributed by atoms with Crippen LogP contribution in [0.4, 0.5) is 0 Å². The molecule has 2 nitrogen and oxygen atoms in total. The predicted octanol–water partition coefficient (Wildman–Crippen LogP) is 2.59. The zero-order chi connectivity index (χ0) is 10.7. The van der Waals surface area contributed by atoms with Crippen molar-refractivity contribution < 1.29 is 5.11 Å². The molecule has 1 saturated heterocycles. The predicted molar refractivity (Wildman–Crippen MR) is 62.4 cm³/mol. The van der Waals surface area contributed by atoms with Gasteiger partial charge in [0.1, 0.15) is 5.75 Å². The van der Waals surface area contributed by atoms with Gasteiger partial charge in [0.2, 0.25) is 0 Å². The van der Waals surface area contributed by atoms with E-state index < -0.39 is 0 Å². The van der Waals surface area contributed by atoms with Crippen molar-refractivity contribution in [3.8, 4) is 5.75 Å². The Labute approximate surface area is 95.3 Å². The number of rotatable bonds is 2. The molecule has 82 valence electrons. The molecule has 0 unspecified atom stereocenters. The van der Waals surface area contributed by atoms with Crippen molar-refractivity contribution in [1.29, 1.82) is 0 Å². The van der Waals surface area contributed by atoms with Gasteiger partial charge in [-0.2, -0.15) is 0 Å². The minimum Gasteiger partial charge on any atom is -0.508 e. The normalized spacial score (nSPS) is 17.9. The van der Waals surface area contributed by atoms with Gasteiger partial charge in [-0.25, -0.2) is 0 Å². The molecule has 1 aliphatic heterocycles. The van der Waals surface area contributed by atoms with Crippen LogP contribution in [0.2, 0.25) is 5.02 Å². The van der Waals surface area contributed by atoms with Gasteiger partial charge in [0.15, 0.2) is 0 Å². The molecule has 2 rings (SSSR count). The van der Waals surface area contributed by atoms with Crippen molar-refractivity contribution >= 4 is 11.6 Å². The first kappa shape index (κ1) is 10.8. The molecule has 0 aromatic heterocycles. The first-order valence-corrected chi connectivity index (χ1v) is 5.81. The van der Waals surface area contributed by atoms with E-state index >= 15 is 0 Å². The number of hydrogen-bond acceptors (Lipinski definition) is 2. The van der Waals surface area contributed by atoms with Gasteiger partial charge >= 0.3 is 0 Å². The van der Waals surface area contributed by atoms with Gasteiger partial charge in [-0.1, -0.05) is 17.7 Å². The van der Waals surface area contributed by atoms with Crippen molar-refractivity contribution in [3.63, 3.8) is 0 Å². The average molecular weight is 226 g/mol. The second-order valence-electron chi connectivity index (χ2n) is 4.17. The van der Waals surface area contributed by atoms with Crippen LogP contribution < -0.4 is 5.32 Å². The monoisotopic (exact) mass is 225 g/mol. The fourth-order valence-corrected chi connectivity index (χ4v) is 2.35. The Balaban J connectivity index is 2.03. The summed E-state index contributed by atoms with van der Waals surface area (Å²) < 4.78 is 0. The fraction of sp³-hybridized carbons (Fsp3) is 0.500. The third-order valence-corrected chi connectivity index (χ3v) is 3.36. The molecule has 1 aromatic carbocycles. The lowest BCUT2D eigenvalue weighted by atomic mass is 9.91. The summed E-state index contributed by atoms with van der Waals surface area (Å²) in [7, 11) is 0. The minimum atomic E-state index is 0.245. The van der Waals surface area contributed by atoms with Crippen LogP contribution in [0.3, 0.4) is 0 Å². The van der Waals surface area contributed by atoms with Crippen molar-refractivity contribution in [3.05, 3.63) is 28.8 Å². The molecule has 0 spiro atoms. The molecule has 2 N–H and O–H groups in total. The Morgan fingerprint density at radius 2 is 2.07 bits per heavy atom. The van der Waals surface area contributed by atoms with E-state index in [1.54, 1.807) is 12.1 Å². The highest BCUT2D eigenvalue weighted by molar-refractivity contribution is 6.31. The zero-order valence-electron chi connectivity index (χ0n) is 8.67. The Bertz CT molecular complexity index is 334. The van der Waals surface area contributed by atoms with Crippen LogP contribution in [0.15, 0.2) is 18.2 Å². The average Bonchev–Trinajstić information content (AvgIpc) is 2.24. The lowest BCUT2D eigenvalue weighted by Crippen LogP contribution is -2.28. The van der Waals surface area contributed by atoms with E-state index in [1.165, 1.54) is 12.8 Å². The summed E-state index contributed by atoms with van der Waals surface area (Å²) in [5, 5.41) is 13.3. The molecule has 0 radical (unpaired) electrons. The molecule has 1 aromatic rings. The van der Waals surface area contributed by atoms with E-state index in [0.717, 1.165) is 31.0 Å². The smallest absolute Gasteiger partial charge is 0.117 e. The Morgan fingerprint density at radius 1 is 1.33 bits per heavy atom. The van der Waals surface area contributed by atoms with Crippen LogP contribution in [0, 0.1) is 5.92 Å². The lowest BCUT2D eigenvalue weighted by Gasteiger charge is -2.22. The number of phenols is 1. The highest BCUT2D eigenvalue weighted by Crippen LogP contribution is 2.26. The number of aromatic hydroxyl groups is 1. The summed E-state index contributed by atoms with van der Waals surface area (Å²) in [6, 6.07) is 5.26. The van der Waals surface area contributed by atoms with Crippen molar-refractivity contribution in [2.45, 2.75) is 19.3 Å². The number of phenolic OH excluding ortho intramolecular Hbond substituents is 1. The van der Waals surface area contributed by atoms with Gasteiger partial charge in [-0.15, -0.1) is 0 Å². The molecular formula is C12H16ClNO. The highest BCUT2D eigenvalue weighted by atomic mass is 35.5. The first-order valence-electron chi connectivity index (χ1n) is 5.44. The number of nitrogens with one attached hydrogen (secondary N) is 1. The molecule has 3 heteroatoms. The fourth-order valence-electron chi connectivity index (χ4n) is 2.10. The van der Waals surface area contributed by atoms with Gasteiger partial charge < -0.3 is 10.4 Å². The molecular weight excluding hydrogens is 210 g/mol. The van der Waals surface area contributed by atoms with E-state index in [-0.39, 0.29) is 5.75 Å². The van der Waals surface area contributed by atoms with Gasteiger partial charge in [0.05, 0.1) is 0 Å². The summed E-state index contributed by atoms with van der Waals surface area (Å²) in [4.78, 5) is 0. The summed E-state index contributed by atoms with van der Waals surface area (Å²) >= 11 is 6.07. The summed E-state index contributed by atoms with van der Waals surface area (Å²) in [5.41, 5.74) is 1.15. The maximum atomic E-state index is 9.25. The molecule has 15 heavy (non-hydrogen) atoms. The number of hydrogen-bond donors (Lipinski definition) is 2. The molecule has 0 atom stereocenters. The quantitative estimate of drug-likeness (QED) is 0.811. The molecule has 0 aliphatic carbocycles. The number of piperidine rings is 1. The van der Waals surface area contributed by atoms with E-state index in [2.05, 4.69) is 5.32 Å². The first-order chi connectivity index (χ1) is 7.25. The summed E-state index contributed by atoms with van der Waals surface area (Å²) in [6.45, 7) is 2.22. The van der Waals surface area contributed by atoms with Crippen LogP contribution in [-0.4, -0.2) is 18.2 Å². The Morgan fingerprint density at radius 3 is 2.73 bits per heavy atom. The van der Waals surface area contributed by atoms with Crippen LogP contribution in [-0.2, 0) is 6.42 Å². The number of halogens is 1. The molecule has 1 fully saturated rings. The standard InChI is InChI=1S/C12H16ClNO/c13-12-8-11(15)2-1-10(12)7-9-3-5-14-6-4-9/h1-2,8-9,14-15H,3-7H2. The maximum absolute atomic E-state index is 9.25. The SMILES string of the molecule is Oc1ccc(CC2CCNCC2)c(Cl)c1. The molecule has 0 saturated carbocycles. The molecule has 1 heterocycles. The highest BCUT2D eigenvalue weighted by Gasteiger charge is 2.14. The Kier molecular flexibility index (Phi) is 3.49. The van der Waals surface area contributed by atoms with Crippen LogP contribution in [0.25, 0.3) is 0 Å². The van der Waals surface area contributed by atoms with E-state index in [9.17, 15) is 5.11 Å². The molecule has 1 aliphatic rings. The van der Waals surface area contributed by atoms with Crippen molar-refractivity contribution in [2.75, 3.05) is 13.1 Å². The van der Waals surface area contributed by atoms with Gasteiger partial charge in [0.25, 0.3) is 0 Å². The van der Waals surface area contributed by atoms with Crippen molar-refractivity contribution in [2.24, 2.45) is 5.92 Å². The van der Waals surface area contributed by atoms with Crippen molar-refractivity contribution in [1.82, 2.24) is 5.32 Å². The summed E-state index contributed by atoms with van der Waals surface area (Å²) in [6.07, 6.45) is 3.47. The van der Waals surface area contributed by atoms with Gasteiger partial charge in [-0.3, -0.25) is 0 Å².